The van der Waals surface area contributed by atoms with Gasteiger partial charge in [0, 0.05) is 30.8 Å². The van der Waals surface area contributed by atoms with E-state index in [2.05, 4.69) is 9.97 Å². The molecule has 0 aromatic carbocycles. The molecule has 0 atom stereocenters. The third-order valence-corrected chi connectivity index (χ3v) is 3.92. The molecule has 21 heavy (non-hydrogen) atoms. The molecule has 0 bridgehead atoms. The van der Waals surface area contributed by atoms with Crippen molar-refractivity contribution in [1.29, 1.82) is 0 Å². The van der Waals surface area contributed by atoms with Crippen molar-refractivity contribution in [3.05, 3.63) is 22.2 Å². The van der Waals surface area contributed by atoms with E-state index in [1.807, 2.05) is 0 Å². The number of fused-ring (bicyclic) bond motifs is 3. The molecular formula is C13H13ClFN3O3. The van der Waals surface area contributed by atoms with Gasteiger partial charge in [0.15, 0.2) is 11.0 Å². The highest BCUT2D eigenvalue weighted by atomic mass is 35.5. The fourth-order valence-corrected chi connectivity index (χ4v) is 2.82. The van der Waals surface area contributed by atoms with Crippen LogP contribution in [0.3, 0.4) is 0 Å². The maximum Gasteiger partial charge on any atom is 0.248 e. The minimum absolute atomic E-state index is 0.215. The van der Waals surface area contributed by atoms with Crippen LogP contribution in [0.15, 0.2) is 0 Å². The summed E-state index contributed by atoms with van der Waals surface area (Å²) in [5, 5.41) is 9.19. The average Bonchev–Trinajstić information content (AvgIpc) is 2.89. The molecule has 3 rings (SSSR count). The zero-order chi connectivity index (χ0) is 15.1. The predicted octanol–water partition coefficient (Wildman–Crippen LogP) is 1.24. The summed E-state index contributed by atoms with van der Waals surface area (Å²) in [6.45, 7) is 0.186. The molecule has 0 spiro atoms. The lowest BCUT2D eigenvalue weighted by Gasteiger charge is -2.26. The Morgan fingerprint density at radius 2 is 2.38 bits per heavy atom. The van der Waals surface area contributed by atoms with Crippen LogP contribution >= 0.6 is 11.6 Å². The summed E-state index contributed by atoms with van der Waals surface area (Å²) in [6.07, 6.45) is 0.538. The zero-order valence-corrected chi connectivity index (χ0v) is 12.0. The molecule has 0 saturated carbocycles. The Morgan fingerprint density at radius 1 is 1.62 bits per heavy atom. The van der Waals surface area contributed by atoms with Gasteiger partial charge in [0.2, 0.25) is 11.8 Å². The molecule has 0 unspecified atom stereocenters. The lowest BCUT2D eigenvalue weighted by atomic mass is 10.1. The Balaban J connectivity index is 2.18. The van der Waals surface area contributed by atoms with Gasteiger partial charge in [0.05, 0.1) is 18.0 Å². The molecule has 2 aromatic heterocycles. The lowest BCUT2D eigenvalue weighted by molar-refractivity contribution is -0.135. The van der Waals surface area contributed by atoms with Gasteiger partial charge in [-0.1, -0.05) is 11.6 Å². The summed E-state index contributed by atoms with van der Waals surface area (Å²) in [4.78, 5) is 20.0. The van der Waals surface area contributed by atoms with E-state index in [4.69, 9.17) is 21.4 Å². The highest BCUT2D eigenvalue weighted by Crippen LogP contribution is 2.36. The smallest absolute Gasteiger partial charge is 0.248 e. The van der Waals surface area contributed by atoms with Crippen molar-refractivity contribution in [1.82, 2.24) is 14.9 Å². The first-order valence-electron chi connectivity index (χ1n) is 6.37. The Hall–Kier alpha value is -1.86. The van der Waals surface area contributed by atoms with Crippen molar-refractivity contribution in [3.63, 3.8) is 0 Å². The van der Waals surface area contributed by atoms with E-state index in [1.54, 1.807) is 0 Å². The van der Waals surface area contributed by atoms with Crippen molar-refractivity contribution in [2.24, 2.45) is 0 Å². The van der Waals surface area contributed by atoms with E-state index in [-0.39, 0.29) is 29.0 Å². The number of ether oxygens (including phenoxy) is 1. The van der Waals surface area contributed by atoms with Gasteiger partial charge >= 0.3 is 0 Å². The molecular weight excluding hydrogens is 301 g/mol. The Morgan fingerprint density at radius 3 is 3.05 bits per heavy atom. The van der Waals surface area contributed by atoms with Crippen LogP contribution in [0.25, 0.3) is 10.9 Å². The van der Waals surface area contributed by atoms with Gasteiger partial charge in [-0.15, -0.1) is 0 Å². The van der Waals surface area contributed by atoms with E-state index in [0.29, 0.717) is 18.4 Å². The lowest BCUT2D eigenvalue weighted by Crippen LogP contribution is -2.37. The Kier molecular flexibility index (Phi) is 3.46. The summed E-state index contributed by atoms with van der Waals surface area (Å²) in [7, 11) is 1.43. The minimum Gasteiger partial charge on any atom is -0.480 e. The van der Waals surface area contributed by atoms with Gasteiger partial charge in [-0.3, -0.25) is 4.79 Å². The Bertz CT molecular complexity index is 731. The number of hydrogen-bond donors (Lipinski definition) is 2. The van der Waals surface area contributed by atoms with E-state index in [9.17, 15) is 9.18 Å². The van der Waals surface area contributed by atoms with E-state index in [0.717, 1.165) is 11.3 Å². The molecule has 0 aliphatic carbocycles. The number of aliphatic hydroxyl groups excluding tert-OH is 1. The molecule has 8 heteroatoms. The number of rotatable bonds is 2. The van der Waals surface area contributed by atoms with Gasteiger partial charge < -0.3 is 19.7 Å². The number of pyridine rings is 1. The largest absolute Gasteiger partial charge is 0.480 e. The number of carbonyl (C=O) groups is 1. The van der Waals surface area contributed by atoms with Crippen molar-refractivity contribution in [3.8, 4) is 5.88 Å². The molecule has 0 radical (unpaired) electrons. The van der Waals surface area contributed by atoms with Crippen molar-refractivity contribution in [2.75, 3.05) is 20.3 Å². The second kappa shape index (κ2) is 5.16. The average molecular weight is 314 g/mol. The molecule has 6 nitrogen and oxygen atoms in total. The van der Waals surface area contributed by atoms with Gasteiger partial charge in [0.25, 0.3) is 0 Å². The van der Waals surface area contributed by atoms with E-state index < -0.39 is 12.4 Å². The van der Waals surface area contributed by atoms with Gasteiger partial charge in [-0.05, 0) is 0 Å². The maximum atomic E-state index is 14.1. The second-order valence-electron chi connectivity index (χ2n) is 4.78. The normalized spacial score (nSPS) is 14.4. The number of aliphatic hydroxyl groups is 1. The number of methoxy groups -OCH3 is 1. The summed E-state index contributed by atoms with van der Waals surface area (Å²) >= 11 is 5.75. The van der Waals surface area contributed by atoms with Crippen LogP contribution in [-0.4, -0.2) is 46.1 Å². The van der Waals surface area contributed by atoms with Gasteiger partial charge in [-0.2, -0.15) is 4.98 Å². The fourth-order valence-electron chi connectivity index (χ4n) is 2.65. The van der Waals surface area contributed by atoms with Crippen molar-refractivity contribution < 1.29 is 19.0 Å². The standard InChI is InChI=1S/C13H13ClFN3O3/c1-21-13-9-6-4-18(8(20)5-19)3-2-7(6)16-11(9)10(15)12(14)17-13/h16,19H,2-5H2,1H3. The number of carbonyl (C=O) groups excluding carboxylic acids is 1. The number of amides is 1. The van der Waals surface area contributed by atoms with Crippen LogP contribution in [0.1, 0.15) is 11.3 Å². The molecule has 0 fully saturated rings. The zero-order valence-electron chi connectivity index (χ0n) is 11.2. The molecule has 1 aliphatic rings. The predicted molar refractivity (Wildman–Crippen MR) is 73.8 cm³/mol. The van der Waals surface area contributed by atoms with Crippen LogP contribution in [0, 0.1) is 5.82 Å². The summed E-state index contributed by atoms with van der Waals surface area (Å²) in [6, 6.07) is 0. The van der Waals surface area contributed by atoms with Crippen LogP contribution in [-0.2, 0) is 17.8 Å². The van der Waals surface area contributed by atoms with Crippen molar-refractivity contribution in [2.45, 2.75) is 13.0 Å². The molecule has 2 N–H and O–H groups in total. The molecule has 0 saturated heterocycles. The monoisotopic (exact) mass is 313 g/mol. The van der Waals surface area contributed by atoms with Crippen LogP contribution in [0.4, 0.5) is 4.39 Å². The van der Waals surface area contributed by atoms with Crippen LogP contribution in [0.5, 0.6) is 5.88 Å². The number of nitrogens with zero attached hydrogens (tertiary/aromatic N) is 2. The SMILES string of the molecule is COc1nc(Cl)c(F)c2[nH]c3c(c12)CN(C(=O)CO)CC3. The van der Waals surface area contributed by atoms with Gasteiger partial charge in [-0.25, -0.2) is 4.39 Å². The molecule has 2 aromatic rings. The fraction of sp³-hybridized carbons (Fsp3) is 0.385. The topological polar surface area (TPSA) is 78.5 Å². The highest BCUT2D eigenvalue weighted by Gasteiger charge is 2.27. The summed E-state index contributed by atoms with van der Waals surface area (Å²) < 4.78 is 19.3. The minimum atomic E-state index is -0.637. The number of aromatic nitrogens is 2. The number of H-pyrrole nitrogens is 1. The summed E-state index contributed by atoms with van der Waals surface area (Å²) in [5.41, 5.74) is 1.81. The molecule has 3 heterocycles. The highest BCUT2D eigenvalue weighted by molar-refractivity contribution is 6.30. The molecule has 1 aliphatic heterocycles. The van der Waals surface area contributed by atoms with Crippen LogP contribution in [0.2, 0.25) is 5.15 Å². The molecule has 112 valence electrons. The third kappa shape index (κ3) is 2.13. The number of aromatic amines is 1. The summed E-state index contributed by atoms with van der Waals surface area (Å²) in [5.74, 6) is -0.787. The number of hydrogen-bond acceptors (Lipinski definition) is 4. The first-order valence-corrected chi connectivity index (χ1v) is 6.75. The first kappa shape index (κ1) is 14.1. The van der Waals surface area contributed by atoms with Crippen molar-refractivity contribution >= 4 is 28.4 Å². The van der Waals surface area contributed by atoms with E-state index in [1.165, 1.54) is 12.0 Å². The first-order chi connectivity index (χ1) is 10.1. The maximum absolute atomic E-state index is 14.1. The van der Waals surface area contributed by atoms with E-state index >= 15 is 0 Å². The van der Waals surface area contributed by atoms with Gasteiger partial charge in [0.1, 0.15) is 6.61 Å². The third-order valence-electron chi connectivity index (χ3n) is 3.67. The Labute approximate surface area is 124 Å². The molecule has 1 amide bonds. The van der Waals surface area contributed by atoms with Crippen LogP contribution < -0.4 is 4.74 Å². The number of nitrogens with one attached hydrogen (secondary N) is 1. The quantitative estimate of drug-likeness (QED) is 0.818. The second-order valence-corrected chi connectivity index (χ2v) is 5.14. The number of halogens is 2.